The molecule has 9 heteroatoms. The number of aromatic nitrogens is 4. The second-order valence-electron chi connectivity index (χ2n) is 7.65. The Bertz CT molecular complexity index is 965. The third-order valence-corrected chi connectivity index (χ3v) is 5.33. The predicted octanol–water partition coefficient (Wildman–Crippen LogP) is 2.30. The quantitative estimate of drug-likeness (QED) is 0.570. The molecule has 1 aliphatic rings. The summed E-state index contributed by atoms with van der Waals surface area (Å²) in [4.78, 5) is 25.2. The zero-order valence-corrected chi connectivity index (χ0v) is 17.7. The zero-order valence-electron chi connectivity index (χ0n) is 17.7. The first-order valence-corrected chi connectivity index (χ1v) is 10.6. The number of hydrogen-bond donors (Lipinski definition) is 2. The topological polar surface area (TPSA) is 91.2 Å². The van der Waals surface area contributed by atoms with E-state index in [1.54, 1.807) is 29.3 Å². The molecule has 2 aromatic heterocycles. The Kier molecular flexibility index (Phi) is 6.73. The highest BCUT2D eigenvalue weighted by molar-refractivity contribution is 5.89. The number of urea groups is 1. The molecular weight excluding hydrogens is 392 g/mol. The minimum atomic E-state index is -0.223. The summed E-state index contributed by atoms with van der Waals surface area (Å²) in [5.41, 5.74) is 3.24. The molecule has 0 spiro atoms. The summed E-state index contributed by atoms with van der Waals surface area (Å²) in [6, 6.07) is 12.0. The average Bonchev–Trinajstić information content (AvgIpc) is 3.33. The Morgan fingerprint density at radius 2 is 2.00 bits per heavy atom. The van der Waals surface area contributed by atoms with Crippen molar-refractivity contribution < 1.29 is 4.79 Å². The SMILES string of the molecule is Cc1cccc(N2CCN(CCCNC(=O)Nc3ccc(-n4cncn4)nc3)CC2)c1. The van der Waals surface area contributed by atoms with Crippen molar-refractivity contribution in [2.75, 3.05) is 49.5 Å². The molecule has 3 aromatic rings. The van der Waals surface area contributed by atoms with E-state index in [2.05, 4.69) is 66.7 Å². The van der Waals surface area contributed by atoms with E-state index in [1.165, 1.54) is 17.6 Å². The number of anilines is 2. The maximum atomic E-state index is 12.1. The summed E-state index contributed by atoms with van der Waals surface area (Å²) in [5.74, 6) is 0.644. The highest BCUT2D eigenvalue weighted by Gasteiger charge is 2.16. The lowest BCUT2D eigenvalue weighted by Crippen LogP contribution is -2.47. The molecule has 2 amide bonds. The van der Waals surface area contributed by atoms with E-state index in [0.29, 0.717) is 18.1 Å². The first-order chi connectivity index (χ1) is 15.2. The molecule has 2 N–H and O–H groups in total. The number of rotatable bonds is 7. The summed E-state index contributed by atoms with van der Waals surface area (Å²) in [6.45, 7) is 7.91. The Balaban J connectivity index is 1.12. The molecule has 0 unspecified atom stereocenters. The second-order valence-corrected chi connectivity index (χ2v) is 7.65. The molecule has 1 saturated heterocycles. The van der Waals surface area contributed by atoms with Gasteiger partial charge in [0.15, 0.2) is 5.82 Å². The third-order valence-electron chi connectivity index (χ3n) is 5.33. The number of pyridine rings is 1. The van der Waals surface area contributed by atoms with Crippen LogP contribution in [0.2, 0.25) is 0 Å². The Hall–Kier alpha value is -3.46. The van der Waals surface area contributed by atoms with Gasteiger partial charge in [-0.2, -0.15) is 5.10 Å². The van der Waals surface area contributed by atoms with Gasteiger partial charge in [0, 0.05) is 38.4 Å². The summed E-state index contributed by atoms with van der Waals surface area (Å²) < 4.78 is 1.56. The van der Waals surface area contributed by atoms with E-state index in [0.717, 1.165) is 39.1 Å². The molecule has 9 nitrogen and oxygen atoms in total. The predicted molar refractivity (Wildman–Crippen MR) is 121 cm³/mol. The molecule has 0 aliphatic carbocycles. The number of nitrogens with zero attached hydrogens (tertiary/aromatic N) is 6. The van der Waals surface area contributed by atoms with E-state index < -0.39 is 0 Å². The maximum Gasteiger partial charge on any atom is 0.319 e. The average molecular weight is 421 g/mol. The number of nitrogens with one attached hydrogen (secondary N) is 2. The minimum Gasteiger partial charge on any atom is -0.369 e. The van der Waals surface area contributed by atoms with Crippen LogP contribution in [-0.2, 0) is 0 Å². The van der Waals surface area contributed by atoms with Gasteiger partial charge in [0.05, 0.1) is 11.9 Å². The Morgan fingerprint density at radius 3 is 2.71 bits per heavy atom. The molecule has 1 fully saturated rings. The van der Waals surface area contributed by atoms with Crippen molar-refractivity contribution in [1.29, 1.82) is 0 Å². The van der Waals surface area contributed by atoms with Gasteiger partial charge in [-0.15, -0.1) is 0 Å². The number of piperazine rings is 1. The van der Waals surface area contributed by atoms with Crippen molar-refractivity contribution in [3.05, 3.63) is 60.8 Å². The van der Waals surface area contributed by atoms with Crippen LogP contribution in [0.25, 0.3) is 5.82 Å². The second kappa shape index (κ2) is 10.0. The fraction of sp³-hybridized carbons (Fsp3) is 0.364. The molecule has 31 heavy (non-hydrogen) atoms. The lowest BCUT2D eigenvalue weighted by atomic mass is 10.2. The van der Waals surface area contributed by atoms with Crippen molar-refractivity contribution >= 4 is 17.4 Å². The molecular formula is C22H28N8O. The Morgan fingerprint density at radius 1 is 1.13 bits per heavy atom. The van der Waals surface area contributed by atoms with Crippen LogP contribution in [0.1, 0.15) is 12.0 Å². The molecule has 3 heterocycles. The monoisotopic (exact) mass is 420 g/mol. The molecule has 0 bridgehead atoms. The molecule has 162 valence electrons. The van der Waals surface area contributed by atoms with Crippen LogP contribution in [0.3, 0.4) is 0 Å². The number of benzene rings is 1. The first-order valence-electron chi connectivity index (χ1n) is 10.6. The molecule has 1 aliphatic heterocycles. The van der Waals surface area contributed by atoms with Crippen molar-refractivity contribution in [3.8, 4) is 5.82 Å². The standard InChI is InChI=1S/C22H28N8O/c1-18-4-2-5-20(14-18)29-12-10-28(11-13-29)9-3-8-24-22(31)27-19-6-7-21(25-15-19)30-17-23-16-26-30/h2,4-7,14-17H,3,8-13H2,1H3,(H2,24,27,31). The van der Waals surface area contributed by atoms with Crippen LogP contribution < -0.4 is 15.5 Å². The van der Waals surface area contributed by atoms with Gasteiger partial charge in [-0.25, -0.2) is 19.4 Å². The molecule has 0 radical (unpaired) electrons. The fourth-order valence-electron chi connectivity index (χ4n) is 3.66. The van der Waals surface area contributed by atoms with Gasteiger partial charge in [0.25, 0.3) is 0 Å². The maximum absolute atomic E-state index is 12.1. The van der Waals surface area contributed by atoms with E-state index in [-0.39, 0.29) is 6.03 Å². The van der Waals surface area contributed by atoms with Gasteiger partial charge in [-0.05, 0) is 49.7 Å². The number of carbonyl (C=O) groups excluding carboxylic acids is 1. The number of hydrogen-bond acceptors (Lipinski definition) is 6. The van der Waals surface area contributed by atoms with Crippen molar-refractivity contribution in [2.24, 2.45) is 0 Å². The molecule has 1 aromatic carbocycles. The van der Waals surface area contributed by atoms with E-state index >= 15 is 0 Å². The first kappa shape index (κ1) is 20.8. The highest BCUT2D eigenvalue weighted by atomic mass is 16.2. The van der Waals surface area contributed by atoms with E-state index in [1.807, 2.05) is 0 Å². The summed E-state index contributed by atoms with van der Waals surface area (Å²) in [5, 5.41) is 9.74. The minimum absolute atomic E-state index is 0.223. The van der Waals surface area contributed by atoms with Crippen molar-refractivity contribution in [1.82, 2.24) is 30.0 Å². The molecule has 0 atom stereocenters. The van der Waals surface area contributed by atoms with Crippen LogP contribution in [-0.4, -0.2) is 69.9 Å². The van der Waals surface area contributed by atoms with Crippen LogP contribution in [0.5, 0.6) is 0 Å². The van der Waals surface area contributed by atoms with E-state index in [4.69, 9.17) is 0 Å². The van der Waals surface area contributed by atoms with Crippen LogP contribution in [0.4, 0.5) is 16.2 Å². The lowest BCUT2D eigenvalue weighted by molar-refractivity contribution is 0.244. The molecule has 0 saturated carbocycles. The number of carbonyl (C=O) groups is 1. The van der Waals surface area contributed by atoms with Crippen LogP contribution in [0.15, 0.2) is 55.2 Å². The van der Waals surface area contributed by atoms with Gasteiger partial charge in [0.1, 0.15) is 12.7 Å². The third kappa shape index (κ3) is 5.79. The Labute approximate surface area is 182 Å². The number of aryl methyl sites for hydroxylation is 1. The summed E-state index contributed by atoms with van der Waals surface area (Å²) in [6.07, 6.45) is 5.54. The summed E-state index contributed by atoms with van der Waals surface area (Å²) in [7, 11) is 0. The van der Waals surface area contributed by atoms with Gasteiger partial charge in [-0.1, -0.05) is 12.1 Å². The zero-order chi connectivity index (χ0) is 21.5. The van der Waals surface area contributed by atoms with E-state index in [9.17, 15) is 4.79 Å². The van der Waals surface area contributed by atoms with Gasteiger partial charge < -0.3 is 15.5 Å². The largest absolute Gasteiger partial charge is 0.369 e. The van der Waals surface area contributed by atoms with Crippen LogP contribution in [0, 0.1) is 6.92 Å². The van der Waals surface area contributed by atoms with Crippen molar-refractivity contribution in [3.63, 3.8) is 0 Å². The highest BCUT2D eigenvalue weighted by Crippen LogP contribution is 2.17. The smallest absolute Gasteiger partial charge is 0.319 e. The van der Waals surface area contributed by atoms with Gasteiger partial charge >= 0.3 is 6.03 Å². The van der Waals surface area contributed by atoms with Gasteiger partial charge in [-0.3, -0.25) is 4.90 Å². The molecule has 4 rings (SSSR count). The van der Waals surface area contributed by atoms with Crippen LogP contribution >= 0.6 is 0 Å². The summed E-state index contributed by atoms with van der Waals surface area (Å²) >= 11 is 0. The fourth-order valence-corrected chi connectivity index (χ4v) is 3.66. The number of amides is 2. The van der Waals surface area contributed by atoms with Crippen molar-refractivity contribution in [2.45, 2.75) is 13.3 Å². The lowest BCUT2D eigenvalue weighted by Gasteiger charge is -2.36. The van der Waals surface area contributed by atoms with Gasteiger partial charge in [0.2, 0.25) is 0 Å². The normalized spacial score (nSPS) is 14.4.